The van der Waals surface area contributed by atoms with Crippen LogP contribution in [0, 0.1) is 5.82 Å². The topological polar surface area (TPSA) is 102 Å². The van der Waals surface area contributed by atoms with Crippen molar-refractivity contribution in [2.45, 2.75) is 10.8 Å². The molecule has 0 aliphatic heterocycles. The zero-order chi connectivity index (χ0) is 22.2. The minimum Gasteiger partial charge on any atom is -0.497 e. The molecule has 0 aliphatic carbocycles. The third kappa shape index (κ3) is 6.66. The Kier molecular flexibility index (Phi) is 7.79. The van der Waals surface area contributed by atoms with Crippen molar-refractivity contribution in [3.63, 3.8) is 0 Å². The summed E-state index contributed by atoms with van der Waals surface area (Å²) in [4.78, 5) is 24.4. The molecule has 1 aromatic heterocycles. The van der Waals surface area contributed by atoms with Crippen molar-refractivity contribution in [3.8, 4) is 11.5 Å². The molecule has 11 heteroatoms. The van der Waals surface area contributed by atoms with E-state index in [1.165, 1.54) is 31.0 Å². The van der Waals surface area contributed by atoms with Gasteiger partial charge in [-0.1, -0.05) is 35.2 Å². The molecule has 0 fully saturated rings. The van der Waals surface area contributed by atoms with E-state index in [0.717, 1.165) is 11.3 Å². The Bertz CT molecular complexity index is 1060. The van der Waals surface area contributed by atoms with Gasteiger partial charge in [0, 0.05) is 6.07 Å². The Labute approximate surface area is 186 Å². The second-order valence-corrected chi connectivity index (χ2v) is 8.33. The average Bonchev–Trinajstić information content (AvgIpc) is 3.21. The van der Waals surface area contributed by atoms with E-state index in [9.17, 15) is 14.0 Å². The fourth-order valence-corrected chi connectivity index (χ4v) is 4.05. The van der Waals surface area contributed by atoms with Crippen LogP contribution in [-0.2, 0) is 16.0 Å². The van der Waals surface area contributed by atoms with Gasteiger partial charge in [0.25, 0.3) is 0 Å². The van der Waals surface area contributed by atoms with Crippen LogP contribution in [0.4, 0.5) is 15.2 Å². The number of halogens is 1. The van der Waals surface area contributed by atoms with Gasteiger partial charge in [0.2, 0.25) is 16.9 Å². The normalized spacial score (nSPS) is 10.4. The fraction of sp³-hybridized carbons (Fsp3) is 0.200. The van der Waals surface area contributed by atoms with E-state index in [4.69, 9.17) is 9.47 Å². The summed E-state index contributed by atoms with van der Waals surface area (Å²) in [5.74, 6) is 0.318. The Morgan fingerprint density at radius 2 is 1.81 bits per heavy atom. The van der Waals surface area contributed by atoms with Crippen molar-refractivity contribution in [2.24, 2.45) is 0 Å². The van der Waals surface area contributed by atoms with E-state index in [2.05, 4.69) is 20.8 Å². The number of hydrogen-bond donors (Lipinski definition) is 2. The predicted molar refractivity (Wildman–Crippen MR) is 118 cm³/mol. The minimum absolute atomic E-state index is 0.0917. The summed E-state index contributed by atoms with van der Waals surface area (Å²) < 4.78 is 23.9. The third-order valence-electron chi connectivity index (χ3n) is 3.94. The lowest BCUT2D eigenvalue weighted by Gasteiger charge is -2.11. The van der Waals surface area contributed by atoms with Gasteiger partial charge in [-0.05, 0) is 29.8 Å². The molecule has 0 saturated heterocycles. The van der Waals surface area contributed by atoms with E-state index in [1.54, 1.807) is 37.4 Å². The summed E-state index contributed by atoms with van der Waals surface area (Å²) in [6, 6.07) is 10.8. The zero-order valence-corrected chi connectivity index (χ0v) is 18.3. The second kappa shape index (κ2) is 10.7. The molecule has 0 atom stereocenters. The molecule has 0 saturated carbocycles. The average molecular weight is 463 g/mol. The van der Waals surface area contributed by atoms with Crippen LogP contribution in [0.25, 0.3) is 0 Å². The summed E-state index contributed by atoms with van der Waals surface area (Å²) in [5.41, 5.74) is 1.21. The maximum Gasteiger partial charge on any atom is 0.234 e. The molecule has 0 bridgehead atoms. The van der Waals surface area contributed by atoms with E-state index < -0.39 is 0 Å². The van der Waals surface area contributed by atoms with Gasteiger partial charge in [0.1, 0.15) is 17.3 Å². The molecule has 3 rings (SSSR count). The number of amides is 2. The highest BCUT2D eigenvalue weighted by atomic mass is 32.2. The largest absolute Gasteiger partial charge is 0.497 e. The number of benzene rings is 2. The van der Waals surface area contributed by atoms with Crippen LogP contribution in [-0.4, -0.2) is 42.0 Å². The van der Waals surface area contributed by atoms with Crippen LogP contribution >= 0.6 is 23.1 Å². The van der Waals surface area contributed by atoms with Crippen LogP contribution in [0.3, 0.4) is 0 Å². The number of nitrogens with one attached hydrogen (secondary N) is 2. The lowest BCUT2D eigenvalue weighted by Crippen LogP contribution is -2.14. The Hall–Kier alpha value is -3.18. The molecule has 2 amide bonds. The maximum absolute atomic E-state index is 12.9. The molecule has 0 spiro atoms. The molecule has 0 aliphatic rings. The number of aromatic nitrogens is 2. The first-order valence-electron chi connectivity index (χ1n) is 8.99. The number of hydrogen-bond acceptors (Lipinski definition) is 8. The summed E-state index contributed by atoms with van der Waals surface area (Å²) in [7, 11) is 3.05. The fourth-order valence-electron chi connectivity index (χ4n) is 2.49. The zero-order valence-electron chi connectivity index (χ0n) is 16.7. The van der Waals surface area contributed by atoms with E-state index in [0.29, 0.717) is 32.2 Å². The molecule has 2 aromatic carbocycles. The van der Waals surface area contributed by atoms with Crippen molar-refractivity contribution in [3.05, 3.63) is 53.8 Å². The third-order valence-corrected chi connectivity index (χ3v) is 5.91. The van der Waals surface area contributed by atoms with Crippen molar-refractivity contribution >= 4 is 45.7 Å². The first kappa shape index (κ1) is 22.5. The highest BCUT2D eigenvalue weighted by molar-refractivity contribution is 8.01. The van der Waals surface area contributed by atoms with Crippen LogP contribution in [0.2, 0.25) is 0 Å². The summed E-state index contributed by atoms with van der Waals surface area (Å²) >= 11 is 2.36. The second-order valence-electron chi connectivity index (χ2n) is 6.13. The lowest BCUT2D eigenvalue weighted by atomic mass is 10.1. The van der Waals surface area contributed by atoms with Gasteiger partial charge in [0.05, 0.1) is 32.1 Å². The summed E-state index contributed by atoms with van der Waals surface area (Å²) in [6.07, 6.45) is 0.0917. The molecule has 31 heavy (non-hydrogen) atoms. The van der Waals surface area contributed by atoms with Gasteiger partial charge in [-0.3, -0.25) is 9.59 Å². The number of methoxy groups -OCH3 is 2. The Balaban J connectivity index is 1.49. The monoisotopic (exact) mass is 462 g/mol. The maximum atomic E-state index is 12.9. The number of rotatable bonds is 9. The number of carbonyl (C=O) groups excluding carboxylic acids is 2. The molecule has 3 aromatic rings. The number of ether oxygens (including phenoxy) is 2. The number of anilines is 2. The van der Waals surface area contributed by atoms with Gasteiger partial charge in [0.15, 0.2) is 4.34 Å². The van der Waals surface area contributed by atoms with E-state index in [1.807, 2.05) is 0 Å². The van der Waals surface area contributed by atoms with Gasteiger partial charge >= 0.3 is 0 Å². The van der Waals surface area contributed by atoms with Crippen LogP contribution in [0.15, 0.2) is 46.8 Å². The molecule has 0 unspecified atom stereocenters. The quantitative estimate of drug-likeness (QED) is 0.370. The predicted octanol–water partition coefficient (Wildman–Crippen LogP) is 3.61. The van der Waals surface area contributed by atoms with Gasteiger partial charge in [-0.15, -0.1) is 10.2 Å². The first-order chi connectivity index (χ1) is 15.0. The molecular weight excluding hydrogens is 443 g/mol. The molecular formula is C20H19FN4O4S2. The molecule has 1 heterocycles. The van der Waals surface area contributed by atoms with Crippen molar-refractivity contribution in [1.82, 2.24) is 10.2 Å². The highest BCUT2D eigenvalue weighted by Gasteiger charge is 2.13. The number of nitrogens with zero attached hydrogens (tertiary/aromatic N) is 2. The Morgan fingerprint density at radius 1 is 1.03 bits per heavy atom. The highest BCUT2D eigenvalue weighted by Crippen LogP contribution is 2.30. The molecule has 8 nitrogen and oxygen atoms in total. The standard InChI is InChI=1S/C20H19FN4O4S2/c1-28-14-7-8-15(16(10-14)29-2)22-18(27)11-30-20-25-24-19(31-20)23-17(26)9-12-3-5-13(21)6-4-12/h3-8,10H,9,11H2,1-2H3,(H,22,27)(H,23,24,26). The summed E-state index contributed by atoms with van der Waals surface area (Å²) in [6.45, 7) is 0. The molecule has 2 N–H and O–H groups in total. The number of carbonyl (C=O) groups is 2. The van der Waals surface area contributed by atoms with Crippen molar-refractivity contribution in [2.75, 3.05) is 30.6 Å². The first-order valence-corrected chi connectivity index (χ1v) is 10.8. The van der Waals surface area contributed by atoms with Gasteiger partial charge < -0.3 is 20.1 Å². The summed E-state index contributed by atoms with van der Waals surface area (Å²) in [5, 5.41) is 13.6. The van der Waals surface area contributed by atoms with Crippen molar-refractivity contribution in [1.29, 1.82) is 0 Å². The van der Waals surface area contributed by atoms with Crippen LogP contribution < -0.4 is 20.1 Å². The van der Waals surface area contributed by atoms with Gasteiger partial charge in [-0.25, -0.2) is 4.39 Å². The van der Waals surface area contributed by atoms with Crippen molar-refractivity contribution < 1.29 is 23.5 Å². The SMILES string of the molecule is COc1ccc(NC(=O)CSc2nnc(NC(=O)Cc3ccc(F)cc3)s2)c(OC)c1. The Morgan fingerprint density at radius 3 is 2.52 bits per heavy atom. The van der Waals surface area contributed by atoms with Crippen LogP contribution in [0.1, 0.15) is 5.56 Å². The molecule has 0 radical (unpaired) electrons. The molecule has 162 valence electrons. The smallest absolute Gasteiger partial charge is 0.234 e. The van der Waals surface area contributed by atoms with Crippen LogP contribution in [0.5, 0.6) is 11.5 Å². The van der Waals surface area contributed by atoms with Gasteiger partial charge in [-0.2, -0.15) is 0 Å². The number of thioether (sulfide) groups is 1. The van der Waals surface area contributed by atoms with E-state index in [-0.39, 0.29) is 29.8 Å². The lowest BCUT2D eigenvalue weighted by molar-refractivity contribution is -0.115. The van der Waals surface area contributed by atoms with E-state index >= 15 is 0 Å². The minimum atomic E-state index is -0.357.